The lowest BCUT2D eigenvalue weighted by atomic mass is 10.1. The number of rotatable bonds is 7. The Labute approximate surface area is 186 Å². The molecule has 0 amide bonds. The van der Waals surface area contributed by atoms with E-state index in [-0.39, 0.29) is 5.63 Å². The van der Waals surface area contributed by atoms with Crippen LogP contribution in [0.25, 0.3) is 11.0 Å². The zero-order valence-electron chi connectivity index (χ0n) is 18.4. The number of aromatic nitrogens is 2. The number of piperazine rings is 1. The normalized spacial score (nSPS) is 16.3. The summed E-state index contributed by atoms with van der Waals surface area (Å²) in [6.45, 7) is 5.41. The molecular formula is C24H28N4O4. The molecule has 0 spiro atoms. The number of benzene rings is 1. The summed E-state index contributed by atoms with van der Waals surface area (Å²) in [7, 11) is 1.61. The van der Waals surface area contributed by atoms with Crippen molar-refractivity contribution in [3.63, 3.8) is 0 Å². The summed E-state index contributed by atoms with van der Waals surface area (Å²) >= 11 is 0. The van der Waals surface area contributed by atoms with E-state index in [9.17, 15) is 4.79 Å². The van der Waals surface area contributed by atoms with Gasteiger partial charge in [0.15, 0.2) is 11.5 Å². The third-order valence-corrected chi connectivity index (χ3v) is 6.34. The number of ether oxygens (including phenoxy) is 2. The second kappa shape index (κ2) is 9.16. The lowest BCUT2D eigenvalue weighted by molar-refractivity contribution is 0.220. The van der Waals surface area contributed by atoms with Gasteiger partial charge in [0.05, 0.1) is 13.7 Å². The Hall–Kier alpha value is -3.13. The average Bonchev–Trinajstić information content (AvgIpc) is 3.34. The van der Waals surface area contributed by atoms with Gasteiger partial charge in [0.2, 0.25) is 5.95 Å². The summed E-state index contributed by atoms with van der Waals surface area (Å²) in [6.07, 6.45) is 7.18. The average molecular weight is 437 g/mol. The maximum atomic E-state index is 12.2. The molecule has 0 unspecified atom stereocenters. The first kappa shape index (κ1) is 20.8. The van der Waals surface area contributed by atoms with Crippen molar-refractivity contribution in [2.75, 3.05) is 51.3 Å². The molecule has 1 fully saturated rings. The summed E-state index contributed by atoms with van der Waals surface area (Å²) in [4.78, 5) is 25.6. The minimum absolute atomic E-state index is 0.223. The van der Waals surface area contributed by atoms with Crippen LogP contribution in [-0.2, 0) is 12.8 Å². The van der Waals surface area contributed by atoms with Crippen molar-refractivity contribution in [2.45, 2.75) is 25.7 Å². The molecule has 5 rings (SSSR count). The number of hydrogen-bond acceptors (Lipinski definition) is 8. The monoisotopic (exact) mass is 436 g/mol. The van der Waals surface area contributed by atoms with Gasteiger partial charge in [-0.1, -0.05) is 0 Å². The molecule has 0 bridgehead atoms. The highest BCUT2D eigenvalue weighted by Crippen LogP contribution is 2.36. The number of fused-ring (bicyclic) bond motifs is 3. The molecule has 0 radical (unpaired) electrons. The minimum atomic E-state index is -0.223. The Balaban J connectivity index is 1.18. The molecule has 1 aromatic carbocycles. The minimum Gasteiger partial charge on any atom is -0.493 e. The van der Waals surface area contributed by atoms with E-state index in [4.69, 9.17) is 13.9 Å². The van der Waals surface area contributed by atoms with Gasteiger partial charge in [0, 0.05) is 62.1 Å². The summed E-state index contributed by atoms with van der Waals surface area (Å²) in [5.74, 6) is 2.10. The SMILES string of the molecule is COc1cc2oc(=O)c3c(c2cc1OCCCN1CCN(c2ncccn2)CC1)CCC3. The number of aryl methyl sites for hydroxylation is 1. The smallest absolute Gasteiger partial charge is 0.339 e. The van der Waals surface area contributed by atoms with E-state index >= 15 is 0 Å². The zero-order valence-corrected chi connectivity index (χ0v) is 18.4. The van der Waals surface area contributed by atoms with E-state index < -0.39 is 0 Å². The van der Waals surface area contributed by atoms with Gasteiger partial charge < -0.3 is 18.8 Å². The Morgan fingerprint density at radius 3 is 2.59 bits per heavy atom. The molecule has 1 aliphatic heterocycles. The van der Waals surface area contributed by atoms with Crippen LogP contribution in [0.4, 0.5) is 5.95 Å². The fourth-order valence-corrected chi connectivity index (χ4v) is 4.66. The van der Waals surface area contributed by atoms with Crippen molar-refractivity contribution >= 4 is 16.9 Å². The molecule has 1 saturated heterocycles. The third kappa shape index (κ3) is 4.14. The zero-order chi connectivity index (χ0) is 21.9. The Morgan fingerprint density at radius 2 is 1.81 bits per heavy atom. The predicted molar refractivity (Wildman–Crippen MR) is 122 cm³/mol. The second-order valence-electron chi connectivity index (χ2n) is 8.28. The molecule has 8 nitrogen and oxygen atoms in total. The van der Waals surface area contributed by atoms with Crippen molar-refractivity contribution in [2.24, 2.45) is 0 Å². The Kier molecular flexibility index (Phi) is 5.94. The van der Waals surface area contributed by atoms with Gasteiger partial charge in [0.1, 0.15) is 5.58 Å². The topological polar surface area (TPSA) is 80.9 Å². The maximum Gasteiger partial charge on any atom is 0.339 e. The maximum absolute atomic E-state index is 12.2. The van der Waals surface area contributed by atoms with Crippen molar-refractivity contribution in [1.82, 2.24) is 14.9 Å². The van der Waals surface area contributed by atoms with Crippen LogP contribution >= 0.6 is 0 Å². The first-order chi connectivity index (χ1) is 15.7. The standard InChI is InChI=1S/C24H28N4O4/c1-30-21-16-20-19(17-5-2-6-18(17)23(29)32-20)15-22(21)31-14-4-9-27-10-12-28(13-11-27)24-25-7-3-8-26-24/h3,7-8,15-16H,2,4-6,9-14H2,1H3. The molecule has 168 valence electrons. The van der Waals surface area contributed by atoms with Gasteiger partial charge in [-0.05, 0) is 43.4 Å². The lowest BCUT2D eigenvalue weighted by Crippen LogP contribution is -2.47. The molecule has 2 aliphatic rings. The van der Waals surface area contributed by atoms with Crippen molar-refractivity contribution in [1.29, 1.82) is 0 Å². The highest BCUT2D eigenvalue weighted by molar-refractivity contribution is 5.85. The third-order valence-electron chi connectivity index (χ3n) is 6.34. The quantitative estimate of drug-likeness (QED) is 0.413. The number of methoxy groups -OCH3 is 1. The van der Waals surface area contributed by atoms with Crippen LogP contribution in [0, 0.1) is 0 Å². The van der Waals surface area contributed by atoms with E-state index in [2.05, 4.69) is 19.8 Å². The second-order valence-corrected chi connectivity index (χ2v) is 8.28. The van der Waals surface area contributed by atoms with Crippen LogP contribution < -0.4 is 20.0 Å². The molecule has 1 aliphatic carbocycles. The Bertz CT molecular complexity index is 1140. The highest BCUT2D eigenvalue weighted by Gasteiger charge is 2.22. The van der Waals surface area contributed by atoms with Crippen LogP contribution in [0.2, 0.25) is 0 Å². The largest absolute Gasteiger partial charge is 0.493 e. The highest BCUT2D eigenvalue weighted by atomic mass is 16.5. The number of anilines is 1. The molecule has 0 N–H and O–H groups in total. The molecule has 3 aromatic rings. The molecule has 2 aromatic heterocycles. The fourth-order valence-electron chi connectivity index (χ4n) is 4.66. The molecule has 0 atom stereocenters. The lowest BCUT2D eigenvalue weighted by Gasteiger charge is -2.34. The molecule has 8 heteroatoms. The number of hydrogen-bond donors (Lipinski definition) is 0. The number of nitrogens with zero attached hydrogens (tertiary/aromatic N) is 4. The van der Waals surface area contributed by atoms with Crippen LogP contribution in [0.1, 0.15) is 24.0 Å². The van der Waals surface area contributed by atoms with Crippen molar-refractivity contribution in [3.8, 4) is 11.5 Å². The molecule has 3 heterocycles. The van der Waals surface area contributed by atoms with Crippen molar-refractivity contribution in [3.05, 3.63) is 52.1 Å². The first-order valence-electron chi connectivity index (χ1n) is 11.3. The summed E-state index contributed by atoms with van der Waals surface area (Å²) in [6, 6.07) is 5.59. The van der Waals surface area contributed by atoms with Crippen LogP contribution in [0.15, 0.2) is 39.8 Å². The van der Waals surface area contributed by atoms with E-state index in [1.54, 1.807) is 25.6 Å². The van der Waals surface area contributed by atoms with Gasteiger partial charge in [-0.2, -0.15) is 0 Å². The van der Waals surface area contributed by atoms with E-state index in [1.165, 1.54) is 0 Å². The van der Waals surface area contributed by atoms with Gasteiger partial charge in [0.25, 0.3) is 0 Å². The summed E-state index contributed by atoms with van der Waals surface area (Å²) in [5.41, 5.74) is 2.26. The summed E-state index contributed by atoms with van der Waals surface area (Å²) in [5, 5.41) is 0.965. The fraction of sp³-hybridized carbons (Fsp3) is 0.458. The van der Waals surface area contributed by atoms with E-state index in [0.29, 0.717) is 23.7 Å². The molecule has 0 saturated carbocycles. The van der Waals surface area contributed by atoms with Crippen LogP contribution in [-0.4, -0.2) is 61.3 Å². The predicted octanol–water partition coefficient (Wildman–Crippen LogP) is 2.67. The Morgan fingerprint density at radius 1 is 1.03 bits per heavy atom. The van der Waals surface area contributed by atoms with Crippen LogP contribution in [0.5, 0.6) is 11.5 Å². The van der Waals surface area contributed by atoms with Gasteiger partial charge in [-0.3, -0.25) is 4.90 Å². The van der Waals surface area contributed by atoms with E-state index in [0.717, 1.165) is 80.9 Å². The van der Waals surface area contributed by atoms with Gasteiger partial charge in [-0.25, -0.2) is 14.8 Å². The first-order valence-corrected chi connectivity index (χ1v) is 11.3. The molecule has 32 heavy (non-hydrogen) atoms. The van der Waals surface area contributed by atoms with E-state index in [1.807, 2.05) is 12.1 Å². The van der Waals surface area contributed by atoms with Crippen molar-refractivity contribution < 1.29 is 13.9 Å². The van der Waals surface area contributed by atoms with Crippen LogP contribution in [0.3, 0.4) is 0 Å². The van der Waals surface area contributed by atoms with Gasteiger partial charge in [-0.15, -0.1) is 0 Å². The molecular weight excluding hydrogens is 408 g/mol. The summed E-state index contributed by atoms with van der Waals surface area (Å²) < 4.78 is 17.1. The van der Waals surface area contributed by atoms with Gasteiger partial charge >= 0.3 is 5.63 Å².